The highest BCUT2D eigenvalue weighted by atomic mass is 19.4. The number of hydrogen-bond acceptors (Lipinski definition) is 3. The molecule has 1 heterocycles. The standard InChI is InChI=1S/C14H15F3N2O/c15-14(16,17)12-3-4-13(11(6-12)7-18)19-8-10-2-1-5-20-9-10/h3-4,6,10,19H,1-2,5,8-9H2. The molecule has 1 aliphatic rings. The molecule has 6 heteroatoms. The molecule has 0 spiro atoms. The zero-order chi connectivity index (χ0) is 14.6. The van der Waals surface area contributed by atoms with Gasteiger partial charge in [-0.05, 0) is 37.0 Å². The molecule has 0 bridgehead atoms. The molecule has 2 rings (SSSR count). The number of anilines is 1. The summed E-state index contributed by atoms with van der Waals surface area (Å²) >= 11 is 0. The maximum atomic E-state index is 12.6. The smallest absolute Gasteiger partial charge is 0.384 e. The van der Waals surface area contributed by atoms with E-state index in [1.165, 1.54) is 6.07 Å². The van der Waals surface area contributed by atoms with Crippen molar-refractivity contribution in [3.63, 3.8) is 0 Å². The molecule has 0 aromatic heterocycles. The average Bonchev–Trinajstić information content (AvgIpc) is 2.45. The Bertz CT molecular complexity index is 502. The van der Waals surface area contributed by atoms with Gasteiger partial charge in [-0.3, -0.25) is 0 Å². The second-order valence-corrected chi connectivity index (χ2v) is 4.83. The first-order valence-corrected chi connectivity index (χ1v) is 6.43. The van der Waals surface area contributed by atoms with Gasteiger partial charge in [-0.1, -0.05) is 0 Å². The Kier molecular flexibility index (Phi) is 4.50. The van der Waals surface area contributed by atoms with Crippen molar-refractivity contribution >= 4 is 5.69 Å². The van der Waals surface area contributed by atoms with E-state index in [9.17, 15) is 13.2 Å². The fraction of sp³-hybridized carbons (Fsp3) is 0.500. The molecular formula is C14H15F3N2O. The summed E-state index contributed by atoms with van der Waals surface area (Å²) in [5.41, 5.74) is -0.358. The van der Waals surface area contributed by atoms with E-state index in [1.54, 1.807) is 6.07 Å². The van der Waals surface area contributed by atoms with Crippen molar-refractivity contribution in [1.82, 2.24) is 0 Å². The molecule has 0 amide bonds. The van der Waals surface area contributed by atoms with Gasteiger partial charge in [-0.25, -0.2) is 0 Å². The maximum Gasteiger partial charge on any atom is 0.416 e. The molecule has 1 aromatic carbocycles. The average molecular weight is 284 g/mol. The summed E-state index contributed by atoms with van der Waals surface area (Å²) in [5.74, 6) is 0.331. The third kappa shape index (κ3) is 3.64. The largest absolute Gasteiger partial charge is 0.416 e. The minimum absolute atomic E-state index is 0.0107. The Morgan fingerprint density at radius 2 is 2.20 bits per heavy atom. The lowest BCUT2D eigenvalue weighted by atomic mass is 10.0. The van der Waals surface area contributed by atoms with Crippen LogP contribution in [-0.4, -0.2) is 19.8 Å². The van der Waals surface area contributed by atoms with E-state index in [4.69, 9.17) is 10.00 Å². The van der Waals surface area contributed by atoms with Crippen molar-refractivity contribution in [2.24, 2.45) is 5.92 Å². The van der Waals surface area contributed by atoms with Crippen molar-refractivity contribution < 1.29 is 17.9 Å². The predicted octanol–water partition coefficient (Wildman–Crippen LogP) is 3.42. The first kappa shape index (κ1) is 14.7. The molecule has 1 aromatic rings. The van der Waals surface area contributed by atoms with E-state index in [2.05, 4.69) is 5.32 Å². The van der Waals surface area contributed by atoms with Crippen molar-refractivity contribution in [3.05, 3.63) is 29.3 Å². The number of benzene rings is 1. The first-order chi connectivity index (χ1) is 9.50. The minimum Gasteiger partial charge on any atom is -0.384 e. The Hall–Kier alpha value is -1.74. The van der Waals surface area contributed by atoms with Crippen LogP contribution in [0.25, 0.3) is 0 Å². The number of rotatable bonds is 3. The first-order valence-electron chi connectivity index (χ1n) is 6.43. The van der Waals surface area contributed by atoms with Crippen LogP contribution in [0.15, 0.2) is 18.2 Å². The van der Waals surface area contributed by atoms with Gasteiger partial charge in [-0.15, -0.1) is 0 Å². The number of alkyl halides is 3. The van der Waals surface area contributed by atoms with Gasteiger partial charge >= 0.3 is 6.18 Å². The van der Waals surface area contributed by atoms with Gasteiger partial charge in [0.2, 0.25) is 0 Å². The number of hydrogen-bond donors (Lipinski definition) is 1. The second-order valence-electron chi connectivity index (χ2n) is 4.83. The molecule has 1 atom stereocenters. The lowest BCUT2D eigenvalue weighted by Crippen LogP contribution is -2.24. The number of nitriles is 1. The van der Waals surface area contributed by atoms with E-state index in [1.807, 2.05) is 0 Å². The van der Waals surface area contributed by atoms with Crippen molar-refractivity contribution in [1.29, 1.82) is 5.26 Å². The summed E-state index contributed by atoms with van der Waals surface area (Å²) in [4.78, 5) is 0. The molecule has 0 saturated carbocycles. The Morgan fingerprint density at radius 1 is 1.40 bits per heavy atom. The molecule has 0 radical (unpaired) electrons. The van der Waals surface area contributed by atoms with Crippen LogP contribution in [0.1, 0.15) is 24.0 Å². The van der Waals surface area contributed by atoms with Crippen LogP contribution in [0, 0.1) is 17.2 Å². The number of ether oxygens (including phenoxy) is 1. The maximum absolute atomic E-state index is 12.6. The van der Waals surface area contributed by atoms with E-state index < -0.39 is 11.7 Å². The third-order valence-corrected chi connectivity index (χ3v) is 3.30. The van der Waals surface area contributed by atoms with Gasteiger partial charge in [-0.2, -0.15) is 18.4 Å². The molecule has 3 nitrogen and oxygen atoms in total. The summed E-state index contributed by atoms with van der Waals surface area (Å²) in [6.07, 6.45) is -2.42. The Morgan fingerprint density at radius 3 is 2.80 bits per heavy atom. The molecule has 1 aliphatic heterocycles. The zero-order valence-electron chi connectivity index (χ0n) is 10.8. The monoisotopic (exact) mass is 284 g/mol. The number of nitrogens with zero attached hydrogens (tertiary/aromatic N) is 1. The molecule has 20 heavy (non-hydrogen) atoms. The summed E-state index contributed by atoms with van der Waals surface area (Å²) in [6.45, 7) is 2.01. The predicted molar refractivity (Wildman–Crippen MR) is 68.2 cm³/mol. The van der Waals surface area contributed by atoms with Crippen LogP contribution in [0.5, 0.6) is 0 Å². The van der Waals surface area contributed by atoms with E-state index in [0.717, 1.165) is 31.6 Å². The van der Waals surface area contributed by atoms with Crippen LogP contribution in [0.4, 0.5) is 18.9 Å². The second kappa shape index (κ2) is 6.14. The molecule has 0 aliphatic carbocycles. The zero-order valence-corrected chi connectivity index (χ0v) is 10.8. The van der Waals surface area contributed by atoms with Crippen LogP contribution < -0.4 is 5.32 Å². The highest BCUT2D eigenvalue weighted by Gasteiger charge is 2.31. The van der Waals surface area contributed by atoms with Crippen molar-refractivity contribution in [3.8, 4) is 6.07 Å². The molecule has 108 valence electrons. The van der Waals surface area contributed by atoms with Crippen LogP contribution in [-0.2, 0) is 10.9 Å². The van der Waals surface area contributed by atoms with Gasteiger partial charge in [0.15, 0.2) is 0 Å². The van der Waals surface area contributed by atoms with E-state index in [0.29, 0.717) is 24.8 Å². The highest BCUT2D eigenvalue weighted by Crippen LogP contribution is 2.31. The lowest BCUT2D eigenvalue weighted by Gasteiger charge is -2.23. The third-order valence-electron chi connectivity index (χ3n) is 3.30. The fourth-order valence-corrected chi connectivity index (χ4v) is 2.19. The van der Waals surface area contributed by atoms with Crippen LogP contribution in [0.2, 0.25) is 0 Å². The molecule has 1 unspecified atom stereocenters. The summed E-state index contributed by atoms with van der Waals surface area (Å²) in [7, 11) is 0. The quantitative estimate of drug-likeness (QED) is 0.925. The normalized spacial score (nSPS) is 19.4. The van der Waals surface area contributed by atoms with Gasteiger partial charge in [0.25, 0.3) is 0 Å². The SMILES string of the molecule is N#Cc1cc(C(F)(F)F)ccc1NCC1CCCOC1. The molecule has 1 N–H and O–H groups in total. The molecule has 1 fully saturated rings. The van der Waals surface area contributed by atoms with Crippen LogP contribution in [0.3, 0.4) is 0 Å². The van der Waals surface area contributed by atoms with Crippen molar-refractivity contribution in [2.75, 3.05) is 25.1 Å². The lowest BCUT2D eigenvalue weighted by molar-refractivity contribution is -0.137. The van der Waals surface area contributed by atoms with Crippen molar-refractivity contribution in [2.45, 2.75) is 19.0 Å². The molecule has 1 saturated heterocycles. The molecular weight excluding hydrogens is 269 g/mol. The van der Waals surface area contributed by atoms with E-state index >= 15 is 0 Å². The summed E-state index contributed by atoms with van der Waals surface area (Å²) < 4.78 is 43.0. The van der Waals surface area contributed by atoms with Gasteiger partial charge in [0, 0.05) is 13.2 Å². The van der Waals surface area contributed by atoms with Gasteiger partial charge in [0.05, 0.1) is 23.4 Å². The number of halogens is 3. The number of nitrogens with one attached hydrogen (secondary N) is 1. The van der Waals surface area contributed by atoms with Crippen LogP contribution >= 0.6 is 0 Å². The topological polar surface area (TPSA) is 45.0 Å². The van der Waals surface area contributed by atoms with E-state index in [-0.39, 0.29) is 5.56 Å². The summed E-state index contributed by atoms with van der Waals surface area (Å²) in [5, 5.41) is 12.0. The fourth-order valence-electron chi connectivity index (χ4n) is 2.19. The summed E-state index contributed by atoms with van der Waals surface area (Å²) in [6, 6.07) is 4.97. The minimum atomic E-state index is -4.43. The highest BCUT2D eigenvalue weighted by molar-refractivity contribution is 5.59. The van der Waals surface area contributed by atoms with Gasteiger partial charge in [0.1, 0.15) is 6.07 Å². The Labute approximate surface area is 115 Å². The Balaban J connectivity index is 2.06. The van der Waals surface area contributed by atoms with Gasteiger partial charge < -0.3 is 10.1 Å².